The third kappa shape index (κ3) is 1.98. The van der Waals surface area contributed by atoms with Gasteiger partial charge in [0.05, 0.1) is 0 Å². The van der Waals surface area contributed by atoms with E-state index in [2.05, 4.69) is 43.5 Å². The van der Waals surface area contributed by atoms with Crippen LogP contribution in [0.25, 0.3) is 10.1 Å². The number of fused-ring (bicyclic) bond motifs is 1. The van der Waals surface area contributed by atoms with E-state index in [1.165, 1.54) is 28.5 Å². The first-order valence-electron chi connectivity index (χ1n) is 6.76. The van der Waals surface area contributed by atoms with Crippen molar-refractivity contribution in [3.63, 3.8) is 0 Å². The van der Waals surface area contributed by atoms with E-state index in [1.54, 1.807) is 0 Å². The zero-order valence-electron chi connectivity index (χ0n) is 11.2. The molecule has 0 unspecified atom stereocenters. The quantitative estimate of drug-likeness (QED) is 0.792. The first-order valence-corrected chi connectivity index (χ1v) is 7.64. The molecule has 96 valence electrons. The van der Waals surface area contributed by atoms with Crippen molar-refractivity contribution >= 4 is 21.4 Å². The minimum Gasteiger partial charge on any atom is -0.321 e. The lowest BCUT2D eigenvalue weighted by atomic mass is 9.67. The molecule has 2 N–H and O–H groups in total. The number of benzene rings is 1. The molecule has 0 spiro atoms. The summed E-state index contributed by atoms with van der Waals surface area (Å²) in [6.07, 6.45) is 4.67. The molecule has 0 saturated heterocycles. The van der Waals surface area contributed by atoms with Crippen LogP contribution in [0.2, 0.25) is 0 Å². The molecule has 1 heterocycles. The lowest BCUT2D eigenvalue weighted by Crippen LogP contribution is -2.42. The highest BCUT2D eigenvalue weighted by Gasteiger charge is 2.37. The minimum atomic E-state index is -0.111. The second-order valence-electron chi connectivity index (χ2n) is 6.46. The molecule has 3 rings (SSSR count). The molecule has 1 aliphatic carbocycles. The van der Waals surface area contributed by atoms with E-state index in [0.717, 1.165) is 12.8 Å². The second-order valence-corrected chi connectivity index (χ2v) is 7.38. The van der Waals surface area contributed by atoms with Crippen LogP contribution in [0.1, 0.15) is 45.1 Å². The van der Waals surface area contributed by atoms with Gasteiger partial charge in [0.1, 0.15) is 0 Å². The van der Waals surface area contributed by atoms with Crippen LogP contribution in [0.4, 0.5) is 0 Å². The molecule has 0 radical (unpaired) electrons. The van der Waals surface area contributed by atoms with Crippen LogP contribution in [0.3, 0.4) is 0 Å². The van der Waals surface area contributed by atoms with E-state index < -0.39 is 0 Å². The molecule has 1 aliphatic rings. The Bertz CT molecular complexity index is 557. The second kappa shape index (κ2) is 4.07. The van der Waals surface area contributed by atoms with Crippen molar-refractivity contribution in [2.24, 2.45) is 11.1 Å². The number of thiophene rings is 1. The Morgan fingerprint density at radius 2 is 1.78 bits per heavy atom. The van der Waals surface area contributed by atoms with Crippen molar-refractivity contribution in [2.45, 2.75) is 45.1 Å². The number of hydrogen-bond acceptors (Lipinski definition) is 2. The van der Waals surface area contributed by atoms with Gasteiger partial charge in [-0.25, -0.2) is 0 Å². The molecule has 1 saturated carbocycles. The SMILES string of the molecule is CC1(C)CCC(N)(c2cccc3ccsc23)CC1. The molecule has 1 nitrogen and oxygen atoms in total. The van der Waals surface area contributed by atoms with Crippen LogP contribution in [-0.2, 0) is 5.54 Å². The smallest absolute Gasteiger partial charge is 0.0424 e. The molecule has 2 aromatic rings. The van der Waals surface area contributed by atoms with Crippen LogP contribution in [-0.4, -0.2) is 0 Å². The molecule has 2 heteroatoms. The molecule has 0 amide bonds. The van der Waals surface area contributed by atoms with Gasteiger partial charge < -0.3 is 5.73 Å². The zero-order chi connectivity index (χ0) is 12.8. The van der Waals surface area contributed by atoms with Gasteiger partial charge in [-0.3, -0.25) is 0 Å². The van der Waals surface area contributed by atoms with Gasteiger partial charge in [-0.2, -0.15) is 0 Å². The number of nitrogens with two attached hydrogens (primary N) is 1. The van der Waals surface area contributed by atoms with Gasteiger partial charge in [0, 0.05) is 10.2 Å². The van der Waals surface area contributed by atoms with Crippen molar-refractivity contribution in [3.05, 3.63) is 35.2 Å². The fourth-order valence-corrected chi connectivity index (χ4v) is 4.05. The predicted octanol–water partition coefficient (Wildman–Crippen LogP) is 4.66. The Kier molecular flexibility index (Phi) is 2.76. The third-order valence-electron chi connectivity index (χ3n) is 4.51. The summed E-state index contributed by atoms with van der Waals surface area (Å²) in [6.45, 7) is 4.72. The Morgan fingerprint density at radius 3 is 2.50 bits per heavy atom. The average molecular weight is 259 g/mol. The summed E-state index contributed by atoms with van der Waals surface area (Å²) < 4.78 is 1.39. The number of hydrogen-bond donors (Lipinski definition) is 1. The highest BCUT2D eigenvalue weighted by molar-refractivity contribution is 7.17. The lowest BCUT2D eigenvalue weighted by Gasteiger charge is -2.41. The van der Waals surface area contributed by atoms with Gasteiger partial charge in [0.2, 0.25) is 0 Å². The summed E-state index contributed by atoms with van der Waals surface area (Å²) in [4.78, 5) is 0. The maximum Gasteiger partial charge on any atom is 0.0424 e. The summed E-state index contributed by atoms with van der Waals surface area (Å²) in [5.41, 5.74) is 8.45. The van der Waals surface area contributed by atoms with Crippen LogP contribution >= 0.6 is 11.3 Å². The highest BCUT2D eigenvalue weighted by atomic mass is 32.1. The Hall–Kier alpha value is -0.860. The largest absolute Gasteiger partial charge is 0.321 e. The van der Waals surface area contributed by atoms with Gasteiger partial charge >= 0.3 is 0 Å². The minimum absolute atomic E-state index is 0.111. The summed E-state index contributed by atoms with van der Waals surface area (Å²) in [7, 11) is 0. The van der Waals surface area contributed by atoms with E-state index in [0.29, 0.717) is 5.41 Å². The van der Waals surface area contributed by atoms with Crippen LogP contribution in [0.15, 0.2) is 29.6 Å². The third-order valence-corrected chi connectivity index (χ3v) is 5.47. The van der Waals surface area contributed by atoms with Crippen LogP contribution in [0.5, 0.6) is 0 Å². The fourth-order valence-electron chi connectivity index (χ4n) is 3.03. The van der Waals surface area contributed by atoms with Crippen LogP contribution < -0.4 is 5.73 Å². The molecule has 0 aliphatic heterocycles. The summed E-state index contributed by atoms with van der Waals surface area (Å²) in [5, 5.41) is 3.51. The molecule has 1 aromatic heterocycles. The summed E-state index contributed by atoms with van der Waals surface area (Å²) >= 11 is 1.83. The van der Waals surface area contributed by atoms with Crippen molar-refractivity contribution < 1.29 is 0 Å². The van der Waals surface area contributed by atoms with Crippen molar-refractivity contribution in [2.75, 3.05) is 0 Å². The molecule has 18 heavy (non-hydrogen) atoms. The van der Waals surface area contributed by atoms with Gasteiger partial charge in [-0.05, 0) is 53.5 Å². The first kappa shape index (κ1) is 12.2. The predicted molar refractivity (Wildman–Crippen MR) is 79.9 cm³/mol. The van der Waals surface area contributed by atoms with Crippen molar-refractivity contribution in [1.82, 2.24) is 0 Å². The van der Waals surface area contributed by atoms with Gasteiger partial charge in [0.25, 0.3) is 0 Å². The highest BCUT2D eigenvalue weighted by Crippen LogP contribution is 2.45. The molecule has 1 fully saturated rings. The van der Waals surface area contributed by atoms with E-state index >= 15 is 0 Å². The van der Waals surface area contributed by atoms with E-state index in [1.807, 2.05) is 11.3 Å². The topological polar surface area (TPSA) is 26.0 Å². The van der Waals surface area contributed by atoms with Crippen molar-refractivity contribution in [3.8, 4) is 0 Å². The molecular weight excluding hydrogens is 238 g/mol. The van der Waals surface area contributed by atoms with Gasteiger partial charge in [0.15, 0.2) is 0 Å². The fraction of sp³-hybridized carbons (Fsp3) is 0.500. The maximum absolute atomic E-state index is 6.73. The van der Waals surface area contributed by atoms with E-state index in [-0.39, 0.29) is 5.54 Å². The lowest BCUT2D eigenvalue weighted by molar-refractivity contribution is 0.166. The average Bonchev–Trinajstić information content (AvgIpc) is 2.81. The first-order chi connectivity index (χ1) is 8.50. The Morgan fingerprint density at radius 1 is 1.06 bits per heavy atom. The Balaban J connectivity index is 2.02. The Labute approximate surface area is 113 Å². The standard InChI is InChI=1S/C16H21NS/c1-15(2)7-9-16(17,10-8-15)13-5-3-4-12-6-11-18-14(12)13/h3-6,11H,7-10,17H2,1-2H3. The molecule has 0 bridgehead atoms. The molecule has 0 atom stereocenters. The van der Waals surface area contributed by atoms with Crippen molar-refractivity contribution in [1.29, 1.82) is 0 Å². The normalized spacial score (nSPS) is 22.2. The zero-order valence-corrected chi connectivity index (χ0v) is 12.0. The monoisotopic (exact) mass is 259 g/mol. The van der Waals surface area contributed by atoms with Crippen LogP contribution in [0, 0.1) is 5.41 Å². The summed E-state index contributed by atoms with van der Waals surface area (Å²) in [5.74, 6) is 0. The summed E-state index contributed by atoms with van der Waals surface area (Å²) in [6, 6.07) is 8.76. The number of rotatable bonds is 1. The van der Waals surface area contributed by atoms with Gasteiger partial charge in [-0.15, -0.1) is 11.3 Å². The maximum atomic E-state index is 6.73. The van der Waals surface area contributed by atoms with E-state index in [9.17, 15) is 0 Å². The van der Waals surface area contributed by atoms with Gasteiger partial charge in [-0.1, -0.05) is 32.0 Å². The molecular formula is C16H21NS. The van der Waals surface area contributed by atoms with E-state index in [4.69, 9.17) is 5.73 Å². The molecule has 1 aromatic carbocycles.